The average molecular weight is 217 g/mol. The molecule has 1 unspecified atom stereocenters. The lowest BCUT2D eigenvalue weighted by Crippen LogP contribution is -2.34. The summed E-state index contributed by atoms with van der Waals surface area (Å²) in [5, 5.41) is 13.5. The largest absolute Gasteiger partial charge is 0.387 e. The number of nitrogens with one attached hydrogen (secondary N) is 1. The fourth-order valence-electron chi connectivity index (χ4n) is 3.42. The molecule has 0 aromatic heterocycles. The van der Waals surface area contributed by atoms with Gasteiger partial charge in [0.15, 0.2) is 0 Å². The van der Waals surface area contributed by atoms with Crippen molar-refractivity contribution in [2.45, 2.75) is 37.2 Å². The zero-order valence-electron chi connectivity index (χ0n) is 9.58. The summed E-state index contributed by atoms with van der Waals surface area (Å²) in [6.45, 7) is 1.72. The van der Waals surface area contributed by atoms with Crippen LogP contribution in [0.3, 0.4) is 0 Å². The molecule has 16 heavy (non-hydrogen) atoms. The van der Waals surface area contributed by atoms with E-state index in [2.05, 4.69) is 23.5 Å². The Balaban J connectivity index is 2.11. The highest BCUT2D eigenvalue weighted by Gasteiger charge is 2.39. The van der Waals surface area contributed by atoms with Crippen molar-refractivity contribution < 1.29 is 5.11 Å². The molecule has 2 heteroatoms. The summed E-state index contributed by atoms with van der Waals surface area (Å²) in [7, 11) is 0. The molecule has 2 N–H and O–H groups in total. The second-order valence-corrected chi connectivity index (χ2v) is 5.22. The van der Waals surface area contributed by atoms with Crippen molar-refractivity contribution >= 4 is 0 Å². The van der Waals surface area contributed by atoms with E-state index in [4.69, 9.17) is 0 Å². The van der Waals surface area contributed by atoms with Crippen LogP contribution in [0.15, 0.2) is 24.3 Å². The third kappa shape index (κ3) is 1.48. The number of rotatable bonds is 0. The number of fused-ring (bicyclic) bond motifs is 2. The van der Waals surface area contributed by atoms with Gasteiger partial charge in [-0.3, -0.25) is 0 Å². The molecule has 0 bridgehead atoms. The Bertz CT molecular complexity index is 382. The van der Waals surface area contributed by atoms with Gasteiger partial charge in [-0.1, -0.05) is 37.1 Å². The third-order valence-electron chi connectivity index (χ3n) is 4.25. The molecule has 0 saturated heterocycles. The molecule has 1 fully saturated rings. The second-order valence-electron chi connectivity index (χ2n) is 5.22. The fraction of sp³-hybridized carbons (Fsp3) is 0.571. The van der Waals surface area contributed by atoms with Gasteiger partial charge in [0.05, 0.1) is 6.10 Å². The molecule has 0 amide bonds. The van der Waals surface area contributed by atoms with Gasteiger partial charge in [-0.15, -0.1) is 0 Å². The standard InChI is InChI=1S/C14H19NO/c16-13-9-15-10-14(7-3-4-8-14)12-6-2-1-5-11(12)13/h1-2,5-6,13,15-16H,3-4,7-10H2. The highest BCUT2D eigenvalue weighted by molar-refractivity contribution is 5.38. The molecule has 1 heterocycles. The van der Waals surface area contributed by atoms with Crippen LogP contribution in [0, 0.1) is 0 Å². The molecule has 86 valence electrons. The van der Waals surface area contributed by atoms with Gasteiger partial charge in [-0.2, -0.15) is 0 Å². The lowest BCUT2D eigenvalue weighted by molar-refractivity contribution is 0.177. The Labute approximate surface area is 96.7 Å². The van der Waals surface area contributed by atoms with Crippen LogP contribution in [0.2, 0.25) is 0 Å². The van der Waals surface area contributed by atoms with Crippen LogP contribution in [-0.4, -0.2) is 18.2 Å². The second kappa shape index (κ2) is 3.86. The van der Waals surface area contributed by atoms with Crippen LogP contribution >= 0.6 is 0 Å². The Hall–Kier alpha value is -0.860. The zero-order chi connectivity index (χ0) is 11.0. The summed E-state index contributed by atoms with van der Waals surface area (Å²) in [5.41, 5.74) is 2.84. The predicted molar refractivity (Wildman–Crippen MR) is 64.4 cm³/mol. The van der Waals surface area contributed by atoms with E-state index in [1.807, 2.05) is 6.07 Å². The number of aliphatic hydroxyl groups is 1. The molecular formula is C14H19NO. The predicted octanol–water partition coefficient (Wildman–Crippen LogP) is 2.13. The number of benzene rings is 1. The highest BCUT2D eigenvalue weighted by atomic mass is 16.3. The molecule has 2 nitrogen and oxygen atoms in total. The van der Waals surface area contributed by atoms with Gasteiger partial charge < -0.3 is 10.4 Å². The average Bonchev–Trinajstić information content (AvgIpc) is 2.73. The van der Waals surface area contributed by atoms with E-state index in [0.717, 1.165) is 12.1 Å². The molecule has 1 saturated carbocycles. The normalized spacial score (nSPS) is 27.7. The van der Waals surface area contributed by atoms with Crippen LogP contribution in [0.5, 0.6) is 0 Å². The molecule has 2 aliphatic rings. The van der Waals surface area contributed by atoms with Crippen molar-refractivity contribution in [3.05, 3.63) is 35.4 Å². The van der Waals surface area contributed by atoms with E-state index in [9.17, 15) is 5.11 Å². The topological polar surface area (TPSA) is 32.3 Å². The van der Waals surface area contributed by atoms with Crippen molar-refractivity contribution in [3.63, 3.8) is 0 Å². The Morgan fingerprint density at radius 3 is 2.75 bits per heavy atom. The molecule has 1 aromatic carbocycles. The zero-order valence-corrected chi connectivity index (χ0v) is 9.58. The summed E-state index contributed by atoms with van der Waals surface area (Å²) >= 11 is 0. The molecule has 1 spiro atoms. The summed E-state index contributed by atoms with van der Waals surface area (Å²) in [6.07, 6.45) is 4.85. The van der Waals surface area contributed by atoms with Crippen molar-refractivity contribution in [1.82, 2.24) is 5.32 Å². The number of β-amino-alcohol motifs (C(OH)–C–C–N with tert-alkyl or cyclic N) is 1. The minimum absolute atomic E-state index is 0.300. The molecule has 1 aromatic rings. The van der Waals surface area contributed by atoms with Gasteiger partial charge in [-0.25, -0.2) is 0 Å². The van der Waals surface area contributed by atoms with Gasteiger partial charge in [0.2, 0.25) is 0 Å². The monoisotopic (exact) mass is 217 g/mol. The number of hydrogen-bond acceptors (Lipinski definition) is 2. The Kier molecular flexibility index (Phi) is 2.49. The molecule has 1 atom stereocenters. The minimum Gasteiger partial charge on any atom is -0.387 e. The van der Waals surface area contributed by atoms with Crippen molar-refractivity contribution in [3.8, 4) is 0 Å². The van der Waals surface area contributed by atoms with Crippen molar-refractivity contribution in [2.24, 2.45) is 0 Å². The van der Waals surface area contributed by atoms with Gasteiger partial charge in [-0.05, 0) is 24.0 Å². The molecule has 3 rings (SSSR count). The quantitative estimate of drug-likeness (QED) is 0.698. The molecule has 0 radical (unpaired) electrons. The lowest BCUT2D eigenvalue weighted by atomic mass is 9.76. The van der Waals surface area contributed by atoms with Crippen LogP contribution < -0.4 is 5.32 Å². The van der Waals surface area contributed by atoms with E-state index in [-0.39, 0.29) is 6.10 Å². The van der Waals surface area contributed by atoms with Crippen LogP contribution in [0.1, 0.15) is 42.9 Å². The first-order valence-electron chi connectivity index (χ1n) is 6.30. The van der Waals surface area contributed by atoms with E-state index < -0.39 is 0 Å². The molecule has 1 aliphatic carbocycles. The lowest BCUT2D eigenvalue weighted by Gasteiger charge is -2.29. The Morgan fingerprint density at radius 2 is 1.94 bits per heavy atom. The number of aliphatic hydroxyl groups excluding tert-OH is 1. The van der Waals surface area contributed by atoms with Gasteiger partial charge >= 0.3 is 0 Å². The maximum atomic E-state index is 10.1. The highest BCUT2D eigenvalue weighted by Crippen LogP contribution is 2.44. The smallest absolute Gasteiger partial charge is 0.0917 e. The van der Waals surface area contributed by atoms with Crippen molar-refractivity contribution in [1.29, 1.82) is 0 Å². The summed E-state index contributed by atoms with van der Waals surface area (Å²) in [5.74, 6) is 0. The first-order chi connectivity index (χ1) is 7.82. The molecular weight excluding hydrogens is 198 g/mol. The van der Waals surface area contributed by atoms with Crippen molar-refractivity contribution in [2.75, 3.05) is 13.1 Å². The summed E-state index contributed by atoms with van der Waals surface area (Å²) < 4.78 is 0. The van der Waals surface area contributed by atoms with Crippen LogP contribution in [0.25, 0.3) is 0 Å². The van der Waals surface area contributed by atoms with Crippen LogP contribution in [0.4, 0.5) is 0 Å². The number of hydrogen-bond donors (Lipinski definition) is 2. The van der Waals surface area contributed by atoms with E-state index in [1.54, 1.807) is 0 Å². The SMILES string of the molecule is OC1CNCC2(CCCC2)c2ccccc21. The van der Waals surface area contributed by atoms with Crippen LogP contribution in [-0.2, 0) is 5.41 Å². The maximum absolute atomic E-state index is 10.1. The summed E-state index contributed by atoms with van der Waals surface area (Å²) in [4.78, 5) is 0. The first-order valence-corrected chi connectivity index (χ1v) is 6.30. The third-order valence-corrected chi connectivity index (χ3v) is 4.25. The van der Waals surface area contributed by atoms with Gasteiger partial charge in [0, 0.05) is 18.5 Å². The van der Waals surface area contributed by atoms with E-state index in [1.165, 1.54) is 31.2 Å². The first kappa shape index (κ1) is 10.3. The maximum Gasteiger partial charge on any atom is 0.0917 e. The van der Waals surface area contributed by atoms with Gasteiger partial charge in [0.25, 0.3) is 0 Å². The van der Waals surface area contributed by atoms with E-state index in [0.29, 0.717) is 12.0 Å². The molecule has 1 aliphatic heterocycles. The van der Waals surface area contributed by atoms with E-state index >= 15 is 0 Å². The summed E-state index contributed by atoms with van der Waals surface area (Å²) in [6, 6.07) is 8.46. The van der Waals surface area contributed by atoms with Gasteiger partial charge in [0.1, 0.15) is 0 Å². The fourth-order valence-corrected chi connectivity index (χ4v) is 3.42. The minimum atomic E-state index is -0.337. The Morgan fingerprint density at radius 1 is 1.19 bits per heavy atom.